The molecule has 1 N–H and O–H groups in total. The SMILES string of the molecule is C=CCCCCCCC(=O)Nc1cccc(CC/C=C(/C)CCCCC=C)c1. The first kappa shape index (κ1) is 23.9. The number of hydrogen-bond donors (Lipinski definition) is 1. The van der Waals surface area contributed by atoms with Gasteiger partial charge in [0.1, 0.15) is 0 Å². The molecule has 0 aliphatic carbocycles. The molecule has 0 aliphatic rings. The minimum absolute atomic E-state index is 0.121. The van der Waals surface area contributed by atoms with Crippen molar-refractivity contribution in [1.82, 2.24) is 0 Å². The van der Waals surface area contributed by atoms with Crippen LogP contribution >= 0.6 is 0 Å². The Labute approximate surface area is 172 Å². The molecule has 2 heteroatoms. The molecular formula is C26H39NO. The van der Waals surface area contributed by atoms with Crippen LogP contribution in [0.5, 0.6) is 0 Å². The first-order valence-corrected chi connectivity index (χ1v) is 10.9. The van der Waals surface area contributed by atoms with Gasteiger partial charge in [0, 0.05) is 12.1 Å². The number of amides is 1. The molecule has 0 aromatic heterocycles. The van der Waals surface area contributed by atoms with Gasteiger partial charge in [0.2, 0.25) is 5.91 Å². The summed E-state index contributed by atoms with van der Waals surface area (Å²) in [6, 6.07) is 8.26. The Balaban J connectivity index is 2.30. The fourth-order valence-electron chi connectivity index (χ4n) is 3.24. The maximum absolute atomic E-state index is 12.1. The van der Waals surface area contributed by atoms with E-state index in [1.807, 2.05) is 24.3 Å². The van der Waals surface area contributed by atoms with Crippen LogP contribution in [0.1, 0.15) is 83.1 Å². The minimum atomic E-state index is 0.121. The van der Waals surface area contributed by atoms with Crippen molar-refractivity contribution in [3.8, 4) is 0 Å². The van der Waals surface area contributed by atoms with Gasteiger partial charge in [0.15, 0.2) is 0 Å². The van der Waals surface area contributed by atoms with Gasteiger partial charge < -0.3 is 5.32 Å². The number of aryl methyl sites for hydroxylation is 1. The monoisotopic (exact) mass is 381 g/mol. The number of nitrogens with one attached hydrogen (secondary N) is 1. The van der Waals surface area contributed by atoms with Crippen LogP contribution in [-0.2, 0) is 11.2 Å². The normalized spacial score (nSPS) is 11.2. The Bertz CT molecular complexity index is 615. The van der Waals surface area contributed by atoms with Crippen LogP contribution in [0.25, 0.3) is 0 Å². The van der Waals surface area contributed by atoms with Crippen molar-refractivity contribution in [3.63, 3.8) is 0 Å². The molecule has 0 aliphatic heterocycles. The molecule has 0 fully saturated rings. The number of rotatable bonds is 16. The lowest BCUT2D eigenvalue weighted by molar-refractivity contribution is -0.116. The van der Waals surface area contributed by atoms with E-state index in [1.54, 1.807) is 0 Å². The molecule has 0 unspecified atom stereocenters. The molecule has 1 rings (SSSR count). The quantitative estimate of drug-likeness (QED) is 0.230. The second-order valence-corrected chi connectivity index (χ2v) is 7.61. The molecule has 0 atom stereocenters. The highest BCUT2D eigenvalue weighted by molar-refractivity contribution is 5.90. The lowest BCUT2D eigenvalue weighted by Gasteiger charge is -2.07. The first-order valence-electron chi connectivity index (χ1n) is 10.9. The molecule has 1 aromatic rings. The number of anilines is 1. The predicted molar refractivity (Wildman–Crippen MR) is 124 cm³/mol. The van der Waals surface area contributed by atoms with Crippen molar-refractivity contribution >= 4 is 11.6 Å². The third kappa shape index (κ3) is 12.3. The van der Waals surface area contributed by atoms with Gasteiger partial charge in [-0.15, -0.1) is 13.2 Å². The second-order valence-electron chi connectivity index (χ2n) is 7.61. The van der Waals surface area contributed by atoms with Crippen LogP contribution in [0.4, 0.5) is 5.69 Å². The van der Waals surface area contributed by atoms with Crippen LogP contribution in [0.15, 0.2) is 61.2 Å². The lowest BCUT2D eigenvalue weighted by atomic mass is 10.0. The Morgan fingerprint density at radius 1 is 0.929 bits per heavy atom. The topological polar surface area (TPSA) is 29.1 Å². The van der Waals surface area contributed by atoms with Crippen molar-refractivity contribution in [1.29, 1.82) is 0 Å². The van der Waals surface area contributed by atoms with Crippen molar-refractivity contribution in [3.05, 3.63) is 66.8 Å². The zero-order valence-corrected chi connectivity index (χ0v) is 17.8. The second kappa shape index (κ2) is 15.9. The Morgan fingerprint density at radius 2 is 1.61 bits per heavy atom. The average Bonchev–Trinajstić information content (AvgIpc) is 2.68. The van der Waals surface area contributed by atoms with Crippen LogP contribution in [0.2, 0.25) is 0 Å². The number of carbonyl (C=O) groups excluding carboxylic acids is 1. The van der Waals surface area contributed by atoms with Gasteiger partial charge in [0.05, 0.1) is 0 Å². The van der Waals surface area contributed by atoms with E-state index >= 15 is 0 Å². The number of hydrogen-bond acceptors (Lipinski definition) is 1. The number of unbranched alkanes of at least 4 members (excludes halogenated alkanes) is 6. The van der Waals surface area contributed by atoms with E-state index in [4.69, 9.17) is 0 Å². The van der Waals surface area contributed by atoms with E-state index < -0.39 is 0 Å². The summed E-state index contributed by atoms with van der Waals surface area (Å²) >= 11 is 0. The molecule has 0 bridgehead atoms. The fraction of sp³-hybridized carbons (Fsp3) is 0.500. The summed E-state index contributed by atoms with van der Waals surface area (Å²) < 4.78 is 0. The molecule has 154 valence electrons. The Morgan fingerprint density at radius 3 is 2.36 bits per heavy atom. The highest BCUT2D eigenvalue weighted by Crippen LogP contribution is 2.15. The number of benzene rings is 1. The molecule has 0 radical (unpaired) electrons. The summed E-state index contributed by atoms with van der Waals surface area (Å²) in [6.45, 7) is 9.73. The van der Waals surface area contributed by atoms with E-state index in [0.717, 1.165) is 44.2 Å². The first-order chi connectivity index (χ1) is 13.7. The smallest absolute Gasteiger partial charge is 0.224 e. The lowest BCUT2D eigenvalue weighted by Crippen LogP contribution is -2.11. The molecule has 1 amide bonds. The molecule has 0 heterocycles. The van der Waals surface area contributed by atoms with E-state index in [0.29, 0.717) is 6.42 Å². The average molecular weight is 382 g/mol. The zero-order chi connectivity index (χ0) is 20.5. The summed E-state index contributed by atoms with van der Waals surface area (Å²) in [5, 5.41) is 3.04. The Hall–Kier alpha value is -2.09. The number of allylic oxidation sites excluding steroid dienone is 4. The van der Waals surface area contributed by atoms with Crippen LogP contribution in [0.3, 0.4) is 0 Å². The third-order valence-electron chi connectivity index (χ3n) is 4.93. The number of carbonyl (C=O) groups is 1. The van der Waals surface area contributed by atoms with Crippen LogP contribution in [-0.4, -0.2) is 5.91 Å². The summed E-state index contributed by atoms with van der Waals surface area (Å²) in [6.07, 6.45) is 19.2. The fourth-order valence-corrected chi connectivity index (χ4v) is 3.24. The van der Waals surface area contributed by atoms with Crippen LogP contribution in [0, 0.1) is 0 Å². The molecule has 0 saturated carbocycles. The predicted octanol–water partition coefficient (Wildman–Crippen LogP) is 7.78. The van der Waals surface area contributed by atoms with Crippen molar-refractivity contribution in [2.45, 2.75) is 84.0 Å². The van der Waals surface area contributed by atoms with Gasteiger partial charge in [-0.05, 0) is 82.4 Å². The van der Waals surface area contributed by atoms with Crippen molar-refractivity contribution in [2.24, 2.45) is 0 Å². The van der Waals surface area contributed by atoms with Crippen LogP contribution < -0.4 is 5.32 Å². The minimum Gasteiger partial charge on any atom is -0.326 e. The maximum atomic E-state index is 12.1. The molecular weight excluding hydrogens is 342 g/mol. The Kier molecular flexibility index (Phi) is 13.6. The summed E-state index contributed by atoms with van der Waals surface area (Å²) in [4.78, 5) is 12.1. The highest BCUT2D eigenvalue weighted by Gasteiger charge is 2.03. The summed E-state index contributed by atoms with van der Waals surface area (Å²) in [5.41, 5.74) is 3.67. The van der Waals surface area contributed by atoms with Gasteiger partial charge >= 0.3 is 0 Å². The third-order valence-corrected chi connectivity index (χ3v) is 4.93. The van der Waals surface area contributed by atoms with E-state index in [9.17, 15) is 4.79 Å². The summed E-state index contributed by atoms with van der Waals surface area (Å²) in [7, 11) is 0. The highest BCUT2D eigenvalue weighted by atomic mass is 16.1. The standard InChI is InChI=1S/C26H39NO/c1-4-6-8-10-11-13-21-26(28)27-25-20-15-19-24(22-25)18-14-17-23(3)16-12-9-7-5-2/h4-5,15,17,19-20,22H,1-2,6-14,16,18,21H2,3H3,(H,27,28)/b23-17-. The van der Waals surface area contributed by atoms with E-state index in [2.05, 4.69) is 43.6 Å². The molecule has 2 nitrogen and oxygen atoms in total. The van der Waals surface area contributed by atoms with E-state index in [1.165, 1.54) is 43.2 Å². The van der Waals surface area contributed by atoms with Gasteiger partial charge in [-0.3, -0.25) is 4.79 Å². The van der Waals surface area contributed by atoms with Crippen molar-refractivity contribution in [2.75, 3.05) is 5.32 Å². The van der Waals surface area contributed by atoms with Gasteiger partial charge in [-0.1, -0.05) is 48.8 Å². The molecule has 1 aromatic carbocycles. The van der Waals surface area contributed by atoms with Gasteiger partial charge in [-0.25, -0.2) is 0 Å². The van der Waals surface area contributed by atoms with Crippen molar-refractivity contribution < 1.29 is 4.79 Å². The zero-order valence-electron chi connectivity index (χ0n) is 17.8. The van der Waals surface area contributed by atoms with Gasteiger partial charge in [0.25, 0.3) is 0 Å². The molecule has 28 heavy (non-hydrogen) atoms. The van der Waals surface area contributed by atoms with Gasteiger partial charge in [-0.2, -0.15) is 0 Å². The largest absolute Gasteiger partial charge is 0.326 e. The summed E-state index contributed by atoms with van der Waals surface area (Å²) in [5.74, 6) is 0.121. The van der Waals surface area contributed by atoms with E-state index in [-0.39, 0.29) is 5.91 Å². The maximum Gasteiger partial charge on any atom is 0.224 e. The molecule has 0 spiro atoms. The molecule has 0 saturated heterocycles.